The standard InChI is InChI=1S/C10H10FNO4/c1-5-8(11)9(15)10(16-5)12-3-2-6(13)4-7(12)14/h2-3,8-10,15H,1,4H2/t8-,9-,10-/m1/s1. The lowest BCUT2D eigenvalue weighted by Gasteiger charge is -2.28. The molecule has 5 nitrogen and oxygen atoms in total. The summed E-state index contributed by atoms with van der Waals surface area (Å²) in [4.78, 5) is 23.4. The van der Waals surface area contributed by atoms with Crippen LogP contribution in [0.1, 0.15) is 6.42 Å². The molecule has 3 atom stereocenters. The molecule has 0 aromatic carbocycles. The van der Waals surface area contributed by atoms with Crippen LogP contribution < -0.4 is 0 Å². The highest BCUT2D eigenvalue weighted by Gasteiger charge is 2.45. The highest BCUT2D eigenvalue weighted by atomic mass is 19.1. The fraction of sp³-hybridized carbons (Fsp3) is 0.400. The van der Waals surface area contributed by atoms with E-state index in [0.717, 1.165) is 4.90 Å². The third-order valence-corrected chi connectivity index (χ3v) is 2.48. The van der Waals surface area contributed by atoms with Crippen molar-refractivity contribution in [1.29, 1.82) is 0 Å². The Labute approximate surface area is 90.8 Å². The number of carbonyl (C=O) groups is 2. The molecule has 1 N–H and O–H groups in total. The third-order valence-electron chi connectivity index (χ3n) is 2.48. The third kappa shape index (κ3) is 1.61. The van der Waals surface area contributed by atoms with Crippen molar-refractivity contribution in [1.82, 2.24) is 4.90 Å². The second kappa shape index (κ2) is 3.71. The van der Waals surface area contributed by atoms with Crippen LogP contribution in [0.15, 0.2) is 24.6 Å². The van der Waals surface area contributed by atoms with Gasteiger partial charge in [-0.1, -0.05) is 6.58 Å². The van der Waals surface area contributed by atoms with E-state index in [1.807, 2.05) is 0 Å². The molecule has 16 heavy (non-hydrogen) atoms. The largest absolute Gasteiger partial charge is 0.469 e. The van der Waals surface area contributed by atoms with Gasteiger partial charge in [-0.25, -0.2) is 4.39 Å². The Morgan fingerprint density at radius 2 is 2.25 bits per heavy atom. The van der Waals surface area contributed by atoms with Gasteiger partial charge >= 0.3 is 0 Å². The molecular formula is C10H10FNO4. The van der Waals surface area contributed by atoms with Gasteiger partial charge in [-0.3, -0.25) is 14.5 Å². The second-order valence-electron chi connectivity index (χ2n) is 3.63. The molecule has 86 valence electrons. The number of aliphatic hydroxyl groups is 1. The molecule has 2 aliphatic rings. The normalized spacial score (nSPS) is 34.5. The monoisotopic (exact) mass is 227 g/mol. The molecule has 0 aliphatic carbocycles. The van der Waals surface area contributed by atoms with Crippen molar-refractivity contribution in [2.45, 2.75) is 24.9 Å². The molecular weight excluding hydrogens is 217 g/mol. The molecule has 1 saturated heterocycles. The van der Waals surface area contributed by atoms with Crippen molar-refractivity contribution < 1.29 is 23.8 Å². The summed E-state index contributed by atoms with van der Waals surface area (Å²) in [6, 6.07) is 0. The molecule has 0 spiro atoms. The predicted octanol–water partition coefficient (Wildman–Crippen LogP) is -0.130. The molecule has 1 fully saturated rings. The molecule has 0 unspecified atom stereocenters. The fourth-order valence-electron chi connectivity index (χ4n) is 1.62. The van der Waals surface area contributed by atoms with Crippen LogP contribution in [0.25, 0.3) is 0 Å². The van der Waals surface area contributed by atoms with Gasteiger partial charge in [0.2, 0.25) is 12.1 Å². The number of alkyl halides is 1. The van der Waals surface area contributed by atoms with Crippen molar-refractivity contribution in [3.8, 4) is 0 Å². The predicted molar refractivity (Wildman–Crippen MR) is 50.5 cm³/mol. The van der Waals surface area contributed by atoms with E-state index in [9.17, 15) is 19.1 Å². The average Bonchev–Trinajstić information content (AvgIpc) is 2.46. The zero-order valence-electron chi connectivity index (χ0n) is 8.30. The number of ketones is 1. The topological polar surface area (TPSA) is 66.8 Å². The SMILES string of the molecule is C=C1O[C@@H](N2C=CC(=O)CC2=O)[C@H](O)[C@@H]1F. The molecule has 0 bridgehead atoms. The van der Waals surface area contributed by atoms with E-state index in [1.165, 1.54) is 12.3 Å². The zero-order valence-corrected chi connectivity index (χ0v) is 8.30. The van der Waals surface area contributed by atoms with Crippen LogP contribution in [0, 0.1) is 0 Å². The highest BCUT2D eigenvalue weighted by molar-refractivity contribution is 6.06. The van der Waals surface area contributed by atoms with Crippen LogP contribution in [0.2, 0.25) is 0 Å². The molecule has 2 aliphatic heterocycles. The number of nitrogens with zero attached hydrogens (tertiary/aromatic N) is 1. The minimum Gasteiger partial charge on any atom is -0.469 e. The summed E-state index contributed by atoms with van der Waals surface area (Å²) in [5.74, 6) is -1.07. The lowest BCUT2D eigenvalue weighted by Crippen LogP contribution is -2.45. The van der Waals surface area contributed by atoms with Crippen LogP contribution in [0.4, 0.5) is 4.39 Å². The first kappa shape index (κ1) is 10.8. The van der Waals surface area contributed by atoms with Gasteiger partial charge in [0.25, 0.3) is 0 Å². The van der Waals surface area contributed by atoms with E-state index >= 15 is 0 Å². The number of carbonyl (C=O) groups excluding carboxylic acids is 2. The molecule has 0 aromatic rings. The van der Waals surface area contributed by atoms with Gasteiger partial charge in [-0.05, 0) is 6.08 Å². The van der Waals surface area contributed by atoms with Crippen molar-refractivity contribution in [2.24, 2.45) is 0 Å². The first-order valence-electron chi connectivity index (χ1n) is 4.70. The number of hydrogen-bond donors (Lipinski definition) is 1. The Bertz CT molecular complexity index is 392. The Balaban J connectivity index is 2.20. The number of allylic oxidation sites excluding steroid dienone is 1. The first-order chi connectivity index (χ1) is 7.50. The number of aliphatic hydroxyl groups excluding tert-OH is 1. The van der Waals surface area contributed by atoms with Crippen LogP contribution in [0.3, 0.4) is 0 Å². The van der Waals surface area contributed by atoms with E-state index in [-0.39, 0.29) is 18.0 Å². The van der Waals surface area contributed by atoms with E-state index in [2.05, 4.69) is 6.58 Å². The number of ether oxygens (including phenoxy) is 1. The van der Waals surface area contributed by atoms with Gasteiger partial charge in [0, 0.05) is 6.20 Å². The Morgan fingerprint density at radius 3 is 2.75 bits per heavy atom. The van der Waals surface area contributed by atoms with Crippen molar-refractivity contribution in [2.75, 3.05) is 0 Å². The summed E-state index contributed by atoms with van der Waals surface area (Å²) in [5.41, 5.74) is 0. The summed E-state index contributed by atoms with van der Waals surface area (Å²) >= 11 is 0. The van der Waals surface area contributed by atoms with Crippen LogP contribution in [0.5, 0.6) is 0 Å². The molecule has 6 heteroatoms. The Morgan fingerprint density at radius 1 is 1.56 bits per heavy atom. The molecule has 2 rings (SSSR count). The molecule has 0 aromatic heterocycles. The number of rotatable bonds is 1. The second-order valence-corrected chi connectivity index (χ2v) is 3.63. The quantitative estimate of drug-likeness (QED) is 0.634. The summed E-state index contributed by atoms with van der Waals surface area (Å²) < 4.78 is 18.2. The van der Waals surface area contributed by atoms with Gasteiger partial charge in [0.05, 0.1) is 6.42 Å². The summed E-state index contributed by atoms with van der Waals surface area (Å²) in [7, 11) is 0. The average molecular weight is 227 g/mol. The number of halogens is 1. The lowest BCUT2D eigenvalue weighted by molar-refractivity contribution is -0.144. The van der Waals surface area contributed by atoms with Gasteiger partial charge < -0.3 is 9.84 Å². The summed E-state index contributed by atoms with van der Waals surface area (Å²) in [6.45, 7) is 3.28. The molecule has 2 heterocycles. The maximum absolute atomic E-state index is 13.2. The summed E-state index contributed by atoms with van der Waals surface area (Å²) in [6.07, 6.45) is -2.26. The molecule has 1 amide bonds. The van der Waals surface area contributed by atoms with Crippen LogP contribution in [-0.2, 0) is 14.3 Å². The smallest absolute Gasteiger partial charge is 0.237 e. The van der Waals surface area contributed by atoms with Crippen LogP contribution in [-0.4, -0.2) is 40.2 Å². The van der Waals surface area contributed by atoms with E-state index in [0.29, 0.717) is 0 Å². The summed E-state index contributed by atoms with van der Waals surface area (Å²) in [5, 5.41) is 9.49. The van der Waals surface area contributed by atoms with Crippen LogP contribution >= 0.6 is 0 Å². The minimum atomic E-state index is -1.72. The van der Waals surface area contributed by atoms with Crippen molar-refractivity contribution >= 4 is 11.7 Å². The Hall–Kier alpha value is -1.69. The maximum Gasteiger partial charge on any atom is 0.237 e. The van der Waals surface area contributed by atoms with Gasteiger partial charge in [-0.15, -0.1) is 0 Å². The van der Waals surface area contributed by atoms with Crippen molar-refractivity contribution in [3.63, 3.8) is 0 Å². The molecule has 0 radical (unpaired) electrons. The van der Waals surface area contributed by atoms with Gasteiger partial charge in [0.1, 0.15) is 11.9 Å². The van der Waals surface area contributed by atoms with Crippen molar-refractivity contribution in [3.05, 3.63) is 24.6 Å². The minimum absolute atomic E-state index is 0.212. The molecule has 0 saturated carbocycles. The number of amides is 1. The highest BCUT2D eigenvalue weighted by Crippen LogP contribution is 2.29. The lowest BCUT2D eigenvalue weighted by atomic mass is 10.1. The van der Waals surface area contributed by atoms with E-state index in [1.54, 1.807) is 0 Å². The van der Waals surface area contributed by atoms with E-state index in [4.69, 9.17) is 4.74 Å². The van der Waals surface area contributed by atoms with Gasteiger partial charge in [-0.2, -0.15) is 0 Å². The Kier molecular flexibility index (Phi) is 2.51. The van der Waals surface area contributed by atoms with Gasteiger partial charge in [0.15, 0.2) is 12.0 Å². The number of hydrogen-bond acceptors (Lipinski definition) is 4. The van der Waals surface area contributed by atoms with E-state index < -0.39 is 24.4 Å². The zero-order chi connectivity index (χ0) is 11.9. The maximum atomic E-state index is 13.2. The first-order valence-corrected chi connectivity index (χ1v) is 4.70. The fourth-order valence-corrected chi connectivity index (χ4v) is 1.62.